The van der Waals surface area contributed by atoms with Crippen LogP contribution in [0, 0.1) is 6.92 Å². The zero-order valence-electron chi connectivity index (χ0n) is 13.7. The number of carbonyl (C=O) groups is 1. The first-order chi connectivity index (χ1) is 12.0. The van der Waals surface area contributed by atoms with Crippen LogP contribution in [0.3, 0.4) is 0 Å². The topological polar surface area (TPSA) is 73.4 Å². The molecule has 6 heteroatoms. The number of carbonyl (C=O) groups excluding carboxylic acids is 1. The van der Waals surface area contributed by atoms with Gasteiger partial charge in [-0.1, -0.05) is 36.5 Å². The van der Waals surface area contributed by atoms with E-state index in [1.165, 1.54) is 10.3 Å². The fourth-order valence-electron chi connectivity index (χ4n) is 2.79. The Bertz CT molecular complexity index is 1040. The van der Waals surface area contributed by atoms with Gasteiger partial charge in [-0.15, -0.1) is 0 Å². The van der Waals surface area contributed by atoms with E-state index in [4.69, 9.17) is 12.2 Å². The van der Waals surface area contributed by atoms with Gasteiger partial charge in [0.15, 0.2) is 0 Å². The Balaban J connectivity index is 2.24. The highest BCUT2D eigenvalue weighted by atomic mass is 32.1. The van der Waals surface area contributed by atoms with E-state index in [0.29, 0.717) is 22.2 Å². The molecule has 0 unspecified atom stereocenters. The number of nitrogens with zero attached hydrogens (tertiary/aromatic N) is 1. The van der Waals surface area contributed by atoms with E-state index in [1.54, 1.807) is 43.4 Å². The van der Waals surface area contributed by atoms with Crippen molar-refractivity contribution >= 4 is 40.1 Å². The number of amides is 1. The molecular weight excluding hydrogens is 336 g/mol. The molecule has 0 fully saturated rings. The second kappa shape index (κ2) is 6.49. The molecule has 0 aliphatic rings. The molecule has 1 heterocycles. The van der Waals surface area contributed by atoms with Crippen LogP contribution in [-0.4, -0.2) is 28.4 Å². The lowest BCUT2D eigenvalue weighted by Crippen LogP contribution is -2.31. The Hall–Kier alpha value is -2.99. The van der Waals surface area contributed by atoms with Crippen molar-refractivity contribution in [3.8, 4) is 5.75 Å². The van der Waals surface area contributed by atoms with Gasteiger partial charge in [0.2, 0.25) is 0 Å². The zero-order chi connectivity index (χ0) is 18.1. The van der Waals surface area contributed by atoms with Crippen molar-refractivity contribution in [2.75, 3.05) is 11.9 Å². The summed E-state index contributed by atoms with van der Waals surface area (Å²) >= 11 is 5.04. The molecule has 5 nitrogen and oxygen atoms in total. The predicted octanol–water partition coefficient (Wildman–Crippen LogP) is 3.17. The number of aromatic hydroxyl groups is 1. The fraction of sp³-hybridized carbons (Fsp3) is 0.105. The minimum absolute atomic E-state index is 0.303. The first kappa shape index (κ1) is 16.9. The van der Waals surface area contributed by atoms with Gasteiger partial charge in [-0.3, -0.25) is 9.59 Å². The van der Waals surface area contributed by atoms with Crippen molar-refractivity contribution in [1.82, 2.24) is 4.98 Å². The number of benzene rings is 2. The van der Waals surface area contributed by atoms with E-state index in [2.05, 4.69) is 4.98 Å². The molecule has 0 aliphatic heterocycles. The SMILES string of the molecule is Cc1ccc2[nH]c(=O)c(C(=O)N(C)c3ccccc3)c(O)c2c1C=S. The second-order valence-corrected chi connectivity index (χ2v) is 5.95. The van der Waals surface area contributed by atoms with Gasteiger partial charge in [0.25, 0.3) is 11.5 Å². The highest BCUT2D eigenvalue weighted by Gasteiger charge is 2.24. The molecule has 2 aromatic carbocycles. The summed E-state index contributed by atoms with van der Waals surface area (Å²) in [5.74, 6) is -0.949. The van der Waals surface area contributed by atoms with Crippen molar-refractivity contribution in [1.29, 1.82) is 0 Å². The van der Waals surface area contributed by atoms with E-state index in [0.717, 1.165) is 5.56 Å². The number of rotatable bonds is 3. The average molecular weight is 352 g/mol. The van der Waals surface area contributed by atoms with Gasteiger partial charge in [-0.2, -0.15) is 0 Å². The number of fused-ring (bicyclic) bond motifs is 1. The third-order valence-electron chi connectivity index (χ3n) is 4.19. The first-order valence-corrected chi connectivity index (χ1v) is 8.09. The lowest BCUT2D eigenvalue weighted by Gasteiger charge is -2.18. The number of hydrogen-bond acceptors (Lipinski definition) is 4. The van der Waals surface area contributed by atoms with Crippen LogP contribution >= 0.6 is 12.2 Å². The molecule has 0 spiro atoms. The molecule has 0 saturated heterocycles. The molecule has 0 bridgehead atoms. The van der Waals surface area contributed by atoms with Crippen molar-refractivity contribution in [2.24, 2.45) is 0 Å². The van der Waals surface area contributed by atoms with Crippen LogP contribution in [0.25, 0.3) is 10.9 Å². The maximum atomic E-state index is 12.8. The maximum absolute atomic E-state index is 12.8. The van der Waals surface area contributed by atoms with Gasteiger partial charge < -0.3 is 15.0 Å². The number of anilines is 1. The number of H-pyrrole nitrogens is 1. The molecule has 3 rings (SSSR count). The van der Waals surface area contributed by atoms with Crippen molar-refractivity contribution in [3.63, 3.8) is 0 Å². The van der Waals surface area contributed by atoms with Crippen LogP contribution in [0.15, 0.2) is 47.3 Å². The standard InChI is InChI=1S/C19H16N2O3S/c1-11-8-9-14-15(13(11)10-25)17(22)16(18(23)20-14)19(24)21(2)12-6-4-3-5-7-12/h3-10H,1-2H3,(H2,20,22,23). The largest absolute Gasteiger partial charge is 0.506 e. The zero-order valence-corrected chi connectivity index (χ0v) is 14.6. The quantitative estimate of drug-likeness (QED) is 0.710. The molecule has 0 saturated carbocycles. The summed E-state index contributed by atoms with van der Waals surface area (Å²) in [7, 11) is 1.55. The Kier molecular flexibility index (Phi) is 4.37. The van der Waals surface area contributed by atoms with Crippen LogP contribution in [0.4, 0.5) is 5.69 Å². The first-order valence-electron chi connectivity index (χ1n) is 7.62. The van der Waals surface area contributed by atoms with E-state index >= 15 is 0 Å². The third kappa shape index (κ3) is 2.81. The van der Waals surface area contributed by atoms with Crippen LogP contribution < -0.4 is 10.5 Å². The summed E-state index contributed by atoms with van der Waals surface area (Å²) in [6.45, 7) is 1.85. The van der Waals surface area contributed by atoms with Crippen molar-refractivity contribution in [2.45, 2.75) is 6.92 Å². The Morgan fingerprint density at radius 1 is 1.20 bits per heavy atom. The normalized spacial score (nSPS) is 10.6. The number of thiocarbonyl (C=S) groups is 1. The fourth-order valence-corrected chi connectivity index (χ4v) is 3.09. The second-order valence-electron chi connectivity index (χ2n) is 5.71. The van der Waals surface area contributed by atoms with Gasteiger partial charge in [0.1, 0.15) is 11.3 Å². The highest BCUT2D eigenvalue weighted by molar-refractivity contribution is 7.79. The Labute approximate surface area is 149 Å². The number of aromatic amines is 1. The Morgan fingerprint density at radius 3 is 2.52 bits per heavy atom. The summed E-state index contributed by atoms with van der Waals surface area (Å²) in [6.07, 6.45) is 0. The highest BCUT2D eigenvalue weighted by Crippen LogP contribution is 2.30. The van der Waals surface area contributed by atoms with Crippen LogP contribution in [-0.2, 0) is 0 Å². The predicted molar refractivity (Wildman–Crippen MR) is 103 cm³/mol. The number of nitrogens with one attached hydrogen (secondary N) is 1. The van der Waals surface area contributed by atoms with E-state index in [9.17, 15) is 14.7 Å². The minimum Gasteiger partial charge on any atom is -0.506 e. The number of aryl methyl sites for hydroxylation is 1. The van der Waals surface area contributed by atoms with Crippen LogP contribution in [0.1, 0.15) is 21.5 Å². The summed E-state index contributed by atoms with van der Waals surface area (Å²) in [6, 6.07) is 12.4. The molecule has 0 atom stereocenters. The molecule has 2 N–H and O–H groups in total. The summed E-state index contributed by atoms with van der Waals surface area (Å²) in [5.41, 5.74) is 1.56. The molecule has 126 valence electrons. The third-order valence-corrected chi connectivity index (χ3v) is 4.43. The number of hydrogen-bond donors (Lipinski definition) is 2. The van der Waals surface area contributed by atoms with Crippen LogP contribution in [0.2, 0.25) is 0 Å². The molecule has 0 radical (unpaired) electrons. The van der Waals surface area contributed by atoms with Crippen molar-refractivity contribution < 1.29 is 9.90 Å². The van der Waals surface area contributed by atoms with E-state index in [1.807, 2.05) is 13.0 Å². The van der Waals surface area contributed by atoms with Gasteiger partial charge in [-0.05, 0) is 30.7 Å². The molecule has 0 aliphatic carbocycles. The number of pyridine rings is 1. The lowest BCUT2D eigenvalue weighted by molar-refractivity contribution is 0.0989. The molecule has 1 amide bonds. The number of para-hydroxylation sites is 1. The molecular formula is C19H16N2O3S. The minimum atomic E-state index is -0.642. The maximum Gasteiger partial charge on any atom is 0.267 e. The van der Waals surface area contributed by atoms with E-state index in [-0.39, 0.29) is 11.3 Å². The summed E-state index contributed by atoms with van der Waals surface area (Å²) < 4.78 is 0. The lowest BCUT2D eigenvalue weighted by atomic mass is 10.0. The van der Waals surface area contributed by atoms with E-state index < -0.39 is 11.5 Å². The average Bonchev–Trinajstić information content (AvgIpc) is 2.62. The molecule has 3 aromatic rings. The van der Waals surface area contributed by atoms with Crippen LogP contribution in [0.5, 0.6) is 5.75 Å². The summed E-state index contributed by atoms with van der Waals surface area (Å²) in [5, 5.41) is 12.5. The van der Waals surface area contributed by atoms with Gasteiger partial charge >= 0.3 is 0 Å². The van der Waals surface area contributed by atoms with Gasteiger partial charge in [0.05, 0.1) is 5.52 Å². The van der Waals surface area contributed by atoms with Crippen molar-refractivity contribution in [3.05, 3.63) is 69.5 Å². The molecule has 1 aromatic heterocycles. The monoisotopic (exact) mass is 352 g/mol. The smallest absolute Gasteiger partial charge is 0.267 e. The molecule has 25 heavy (non-hydrogen) atoms. The van der Waals surface area contributed by atoms with Gasteiger partial charge in [-0.25, -0.2) is 0 Å². The number of aromatic nitrogens is 1. The summed E-state index contributed by atoms with van der Waals surface area (Å²) in [4.78, 5) is 29.2. The van der Waals surface area contributed by atoms with Gasteiger partial charge in [0, 0.05) is 29.1 Å². The Morgan fingerprint density at radius 2 is 1.88 bits per heavy atom.